The Morgan fingerprint density at radius 3 is 2.78 bits per heavy atom. The molecule has 0 radical (unpaired) electrons. The van der Waals surface area contributed by atoms with E-state index in [0.29, 0.717) is 26.4 Å². The van der Waals surface area contributed by atoms with E-state index in [9.17, 15) is 0 Å². The Balaban J connectivity index is 2.08. The van der Waals surface area contributed by atoms with Gasteiger partial charge in [-0.3, -0.25) is 0 Å². The van der Waals surface area contributed by atoms with Gasteiger partial charge in [-0.2, -0.15) is 0 Å². The Kier molecular flexibility index (Phi) is 4.58. The van der Waals surface area contributed by atoms with Gasteiger partial charge in [-0.05, 0) is 31.5 Å². The molecular weight excluding hydrogens is 230 g/mol. The molecule has 0 bridgehead atoms. The van der Waals surface area contributed by atoms with Crippen molar-refractivity contribution in [1.29, 1.82) is 0 Å². The molecule has 4 heteroatoms. The largest absolute Gasteiger partial charge is 0.494 e. The normalized spacial score (nSPS) is 17.3. The van der Waals surface area contributed by atoms with Crippen LogP contribution in [0.2, 0.25) is 0 Å². The van der Waals surface area contributed by atoms with Gasteiger partial charge in [-0.15, -0.1) is 0 Å². The zero-order valence-corrected chi connectivity index (χ0v) is 11.0. The van der Waals surface area contributed by atoms with Crippen molar-refractivity contribution in [3.05, 3.63) is 29.3 Å². The summed E-state index contributed by atoms with van der Waals surface area (Å²) in [6.45, 7) is 6.53. The highest BCUT2D eigenvalue weighted by Gasteiger charge is 2.19. The molecule has 4 nitrogen and oxygen atoms in total. The first kappa shape index (κ1) is 13.3. The van der Waals surface area contributed by atoms with E-state index in [4.69, 9.17) is 19.9 Å². The van der Waals surface area contributed by atoms with Gasteiger partial charge in [0.1, 0.15) is 11.9 Å². The van der Waals surface area contributed by atoms with E-state index in [-0.39, 0.29) is 12.1 Å². The van der Waals surface area contributed by atoms with Crippen LogP contribution in [-0.2, 0) is 16.1 Å². The molecule has 2 N–H and O–H groups in total. The summed E-state index contributed by atoms with van der Waals surface area (Å²) in [5.74, 6) is 0.877. The molecule has 2 rings (SSSR count). The zero-order valence-electron chi connectivity index (χ0n) is 11.0. The number of ether oxygens (including phenoxy) is 3. The molecule has 1 unspecified atom stereocenters. The molecule has 0 saturated carbocycles. The van der Waals surface area contributed by atoms with Crippen LogP contribution in [0.15, 0.2) is 18.2 Å². The molecule has 18 heavy (non-hydrogen) atoms. The lowest BCUT2D eigenvalue weighted by atomic mass is 10.1. The summed E-state index contributed by atoms with van der Waals surface area (Å²) in [6.07, 6.45) is 0.221. The molecule has 1 fully saturated rings. The van der Waals surface area contributed by atoms with Gasteiger partial charge < -0.3 is 19.9 Å². The van der Waals surface area contributed by atoms with Crippen molar-refractivity contribution < 1.29 is 14.2 Å². The lowest BCUT2D eigenvalue weighted by molar-refractivity contribution is -0.135. The average molecular weight is 251 g/mol. The van der Waals surface area contributed by atoms with Crippen molar-refractivity contribution in [1.82, 2.24) is 0 Å². The molecule has 0 aromatic heterocycles. The van der Waals surface area contributed by atoms with Crippen molar-refractivity contribution in [3.63, 3.8) is 0 Å². The second-order valence-electron chi connectivity index (χ2n) is 4.56. The molecule has 0 aliphatic carbocycles. The van der Waals surface area contributed by atoms with Crippen LogP contribution in [0.5, 0.6) is 5.75 Å². The molecular formula is C14H21NO3. The minimum absolute atomic E-state index is 0.0199. The van der Waals surface area contributed by atoms with Crippen LogP contribution >= 0.6 is 0 Å². The number of benzene rings is 1. The summed E-state index contributed by atoms with van der Waals surface area (Å²) in [4.78, 5) is 0. The van der Waals surface area contributed by atoms with Gasteiger partial charge in [0, 0.05) is 11.6 Å². The smallest absolute Gasteiger partial charge is 0.124 e. The van der Waals surface area contributed by atoms with E-state index in [1.54, 1.807) is 0 Å². The topological polar surface area (TPSA) is 53.7 Å². The van der Waals surface area contributed by atoms with Crippen LogP contribution in [0.3, 0.4) is 0 Å². The fourth-order valence-corrected chi connectivity index (χ4v) is 1.81. The molecule has 100 valence electrons. The molecule has 0 amide bonds. The summed E-state index contributed by atoms with van der Waals surface area (Å²) < 4.78 is 16.4. The summed E-state index contributed by atoms with van der Waals surface area (Å²) in [6, 6.07) is 6.06. The highest BCUT2D eigenvalue weighted by molar-refractivity contribution is 5.38. The summed E-state index contributed by atoms with van der Waals surface area (Å²) >= 11 is 0. The van der Waals surface area contributed by atoms with Gasteiger partial charge in [0.25, 0.3) is 0 Å². The van der Waals surface area contributed by atoms with Crippen molar-refractivity contribution in [2.45, 2.75) is 32.6 Å². The van der Waals surface area contributed by atoms with Gasteiger partial charge >= 0.3 is 0 Å². The predicted octanol–water partition coefficient (Wildman–Crippen LogP) is 2.02. The lowest BCUT2D eigenvalue weighted by Crippen LogP contribution is -2.35. The maximum atomic E-state index is 5.90. The van der Waals surface area contributed by atoms with Crippen LogP contribution < -0.4 is 10.5 Å². The third-order valence-electron chi connectivity index (χ3n) is 2.99. The standard InChI is InChI=1S/C14H21NO3/c1-3-17-14-5-4-11(10(2)15)6-12(14)7-18-13-8-16-9-13/h4-6,10,13H,3,7-9,15H2,1-2H3. The number of rotatable bonds is 6. The first-order valence-electron chi connectivity index (χ1n) is 6.41. The quantitative estimate of drug-likeness (QED) is 0.840. The molecule has 1 aliphatic rings. The Morgan fingerprint density at radius 2 is 2.22 bits per heavy atom. The third kappa shape index (κ3) is 3.22. The van der Waals surface area contributed by atoms with Crippen molar-refractivity contribution in [2.75, 3.05) is 19.8 Å². The molecule has 1 aliphatic heterocycles. The van der Waals surface area contributed by atoms with Gasteiger partial charge in [0.15, 0.2) is 0 Å². The Morgan fingerprint density at radius 1 is 1.44 bits per heavy atom. The summed E-state index contributed by atoms with van der Waals surface area (Å²) in [7, 11) is 0. The predicted molar refractivity (Wildman–Crippen MR) is 69.6 cm³/mol. The van der Waals surface area contributed by atoms with Crippen molar-refractivity contribution in [3.8, 4) is 5.75 Å². The van der Waals surface area contributed by atoms with Crippen LogP contribution in [0.4, 0.5) is 0 Å². The Hall–Kier alpha value is -1.10. The van der Waals surface area contributed by atoms with E-state index in [1.165, 1.54) is 0 Å². The maximum absolute atomic E-state index is 5.90. The summed E-state index contributed by atoms with van der Waals surface area (Å²) in [5.41, 5.74) is 8.05. The van der Waals surface area contributed by atoms with E-state index >= 15 is 0 Å². The third-order valence-corrected chi connectivity index (χ3v) is 2.99. The van der Waals surface area contributed by atoms with Crippen LogP contribution in [0.25, 0.3) is 0 Å². The van der Waals surface area contributed by atoms with Gasteiger partial charge in [-0.1, -0.05) is 6.07 Å². The zero-order chi connectivity index (χ0) is 13.0. The van der Waals surface area contributed by atoms with E-state index in [1.807, 2.05) is 26.0 Å². The minimum atomic E-state index is 0.0199. The number of hydrogen-bond acceptors (Lipinski definition) is 4. The van der Waals surface area contributed by atoms with Crippen LogP contribution in [0, 0.1) is 0 Å². The minimum Gasteiger partial charge on any atom is -0.494 e. The van der Waals surface area contributed by atoms with Crippen molar-refractivity contribution in [2.24, 2.45) is 5.73 Å². The summed E-state index contributed by atoms with van der Waals surface area (Å²) in [5, 5.41) is 0. The number of hydrogen-bond donors (Lipinski definition) is 1. The molecule has 0 spiro atoms. The fourth-order valence-electron chi connectivity index (χ4n) is 1.81. The van der Waals surface area contributed by atoms with Crippen LogP contribution in [-0.4, -0.2) is 25.9 Å². The number of nitrogens with two attached hydrogens (primary N) is 1. The van der Waals surface area contributed by atoms with Crippen molar-refractivity contribution >= 4 is 0 Å². The second-order valence-corrected chi connectivity index (χ2v) is 4.56. The molecule has 1 atom stereocenters. The average Bonchev–Trinajstić information content (AvgIpc) is 2.29. The molecule has 1 aromatic rings. The fraction of sp³-hybridized carbons (Fsp3) is 0.571. The first-order valence-corrected chi connectivity index (χ1v) is 6.41. The second kappa shape index (κ2) is 6.18. The highest BCUT2D eigenvalue weighted by Crippen LogP contribution is 2.24. The monoisotopic (exact) mass is 251 g/mol. The van der Waals surface area contributed by atoms with E-state index in [2.05, 4.69) is 6.07 Å². The SMILES string of the molecule is CCOc1ccc(C(C)N)cc1COC1COC1. The van der Waals surface area contributed by atoms with Gasteiger partial charge in [0.05, 0.1) is 26.4 Å². The Bertz CT molecular complexity index is 389. The van der Waals surface area contributed by atoms with E-state index < -0.39 is 0 Å². The van der Waals surface area contributed by atoms with Crippen LogP contribution in [0.1, 0.15) is 31.0 Å². The maximum Gasteiger partial charge on any atom is 0.124 e. The first-order chi connectivity index (χ1) is 8.70. The molecule has 1 aromatic carbocycles. The van der Waals surface area contributed by atoms with Gasteiger partial charge in [-0.25, -0.2) is 0 Å². The molecule has 1 heterocycles. The lowest BCUT2D eigenvalue weighted by Gasteiger charge is -2.26. The molecule has 1 saturated heterocycles. The van der Waals surface area contributed by atoms with Gasteiger partial charge in [0.2, 0.25) is 0 Å². The Labute approximate surface area is 108 Å². The highest BCUT2D eigenvalue weighted by atomic mass is 16.6. The van der Waals surface area contributed by atoms with E-state index in [0.717, 1.165) is 16.9 Å².